The molecule has 64 valence electrons. The fourth-order valence-electron chi connectivity index (χ4n) is 0.488. The van der Waals surface area contributed by atoms with Gasteiger partial charge < -0.3 is 14.8 Å². The van der Waals surface area contributed by atoms with E-state index in [1.54, 1.807) is 0 Å². The van der Waals surface area contributed by atoms with Crippen LogP contribution in [0.2, 0.25) is 0 Å². The van der Waals surface area contributed by atoms with Crippen LogP contribution in [0.3, 0.4) is 0 Å². The van der Waals surface area contributed by atoms with Crippen LogP contribution in [0.25, 0.3) is 0 Å². The normalized spacial score (nSPS) is 9.73. The van der Waals surface area contributed by atoms with Crippen molar-refractivity contribution in [2.45, 2.75) is 6.29 Å². The van der Waals surface area contributed by atoms with Gasteiger partial charge in [-0.05, 0) is 0 Å². The van der Waals surface area contributed by atoms with E-state index in [1.807, 2.05) is 0 Å². The summed E-state index contributed by atoms with van der Waals surface area (Å²) in [7, 11) is 2.89. The lowest BCUT2D eigenvalue weighted by Crippen LogP contribution is -2.34. The van der Waals surface area contributed by atoms with Crippen LogP contribution in [0.4, 0.5) is 0 Å². The summed E-state index contributed by atoms with van der Waals surface area (Å²) in [5.74, 6) is -0.677. The number of hydrogen-bond donors (Lipinski definition) is 1. The van der Waals surface area contributed by atoms with Gasteiger partial charge in [-0.25, -0.2) is 0 Å². The third kappa shape index (κ3) is 4.46. The molecule has 1 amide bonds. The van der Waals surface area contributed by atoms with Gasteiger partial charge in [-0.15, -0.1) is 0 Å². The minimum atomic E-state index is -0.677. The number of nitrogens with one attached hydrogen (secondary N) is 1. The fraction of sp³-hybridized carbons (Fsp3) is 0.667. The van der Waals surface area contributed by atoms with Crippen LogP contribution in [0, 0.1) is 0 Å². The van der Waals surface area contributed by atoms with Crippen molar-refractivity contribution in [2.24, 2.45) is 0 Å². The van der Waals surface area contributed by atoms with Gasteiger partial charge in [0.15, 0.2) is 6.29 Å². The summed E-state index contributed by atoms with van der Waals surface area (Å²) in [5, 5.41) is 2.28. The Hall–Kier alpha value is -0.940. The first kappa shape index (κ1) is 10.1. The Kier molecular flexibility index (Phi) is 5.32. The summed E-state index contributed by atoms with van der Waals surface area (Å²) in [4.78, 5) is 20.2. The molecule has 0 radical (unpaired) electrons. The van der Waals surface area contributed by atoms with E-state index < -0.39 is 12.2 Å². The predicted molar refractivity (Wildman–Crippen MR) is 36.9 cm³/mol. The molecule has 0 aliphatic carbocycles. The molecule has 0 aliphatic rings. The SMILES string of the molecule is COC(CNC(=O)C=O)OC. The molecule has 0 aromatic rings. The van der Waals surface area contributed by atoms with E-state index in [2.05, 4.69) is 5.32 Å². The molecule has 0 rings (SSSR count). The topological polar surface area (TPSA) is 64.6 Å². The molecule has 0 heterocycles. The van der Waals surface area contributed by atoms with E-state index in [0.29, 0.717) is 0 Å². The summed E-state index contributed by atoms with van der Waals surface area (Å²) in [6, 6.07) is 0. The van der Waals surface area contributed by atoms with Crippen molar-refractivity contribution < 1.29 is 19.1 Å². The third-order valence-electron chi connectivity index (χ3n) is 1.08. The first-order chi connectivity index (χ1) is 5.24. The van der Waals surface area contributed by atoms with Gasteiger partial charge >= 0.3 is 0 Å². The maximum atomic E-state index is 10.4. The van der Waals surface area contributed by atoms with E-state index >= 15 is 0 Å². The lowest BCUT2D eigenvalue weighted by Gasteiger charge is -2.12. The smallest absolute Gasteiger partial charge is 0.284 e. The van der Waals surface area contributed by atoms with Gasteiger partial charge in [-0.3, -0.25) is 9.59 Å². The molecule has 0 spiro atoms. The van der Waals surface area contributed by atoms with Crippen molar-refractivity contribution in [3.05, 3.63) is 0 Å². The number of methoxy groups -OCH3 is 2. The highest BCUT2D eigenvalue weighted by molar-refractivity contribution is 6.23. The Morgan fingerprint density at radius 1 is 1.55 bits per heavy atom. The van der Waals surface area contributed by atoms with Crippen molar-refractivity contribution in [3.8, 4) is 0 Å². The van der Waals surface area contributed by atoms with E-state index in [9.17, 15) is 9.59 Å². The van der Waals surface area contributed by atoms with Gasteiger partial charge in [0.05, 0.1) is 6.54 Å². The summed E-state index contributed by atoms with van der Waals surface area (Å²) < 4.78 is 9.48. The molecule has 1 N–H and O–H groups in total. The van der Waals surface area contributed by atoms with Gasteiger partial charge in [0.2, 0.25) is 6.29 Å². The second-order valence-electron chi connectivity index (χ2n) is 1.76. The standard InChI is InChI=1S/C6H11NO4/c1-10-6(11-2)3-7-5(9)4-8/h4,6H,3H2,1-2H3,(H,7,9). The highest BCUT2D eigenvalue weighted by Crippen LogP contribution is 1.86. The van der Waals surface area contributed by atoms with Crippen LogP contribution in [-0.4, -0.2) is 39.2 Å². The zero-order chi connectivity index (χ0) is 8.69. The number of ether oxygens (including phenoxy) is 2. The number of carbonyl (C=O) groups is 2. The van der Waals surface area contributed by atoms with Crippen LogP contribution >= 0.6 is 0 Å². The zero-order valence-electron chi connectivity index (χ0n) is 6.49. The van der Waals surface area contributed by atoms with Crippen LogP contribution in [-0.2, 0) is 19.1 Å². The second-order valence-corrected chi connectivity index (χ2v) is 1.76. The van der Waals surface area contributed by atoms with Gasteiger partial charge in [0.1, 0.15) is 0 Å². The van der Waals surface area contributed by atoms with Crippen molar-refractivity contribution in [1.29, 1.82) is 0 Å². The molecule has 0 atom stereocenters. The molecule has 0 aromatic heterocycles. The van der Waals surface area contributed by atoms with E-state index in [1.165, 1.54) is 14.2 Å². The molecular weight excluding hydrogens is 150 g/mol. The van der Waals surface area contributed by atoms with Crippen LogP contribution in [0.5, 0.6) is 0 Å². The number of amides is 1. The quantitative estimate of drug-likeness (QED) is 0.316. The molecule has 0 saturated heterocycles. The van der Waals surface area contributed by atoms with Crippen LogP contribution in [0.1, 0.15) is 0 Å². The fourth-order valence-corrected chi connectivity index (χ4v) is 0.488. The molecule has 11 heavy (non-hydrogen) atoms. The second kappa shape index (κ2) is 5.82. The lowest BCUT2D eigenvalue weighted by molar-refractivity contribution is -0.134. The third-order valence-corrected chi connectivity index (χ3v) is 1.08. The molecule has 0 fully saturated rings. The predicted octanol–water partition coefficient (Wildman–Crippen LogP) is -1.08. The first-order valence-corrected chi connectivity index (χ1v) is 3.03. The van der Waals surface area contributed by atoms with E-state index in [0.717, 1.165) is 0 Å². The minimum Gasteiger partial charge on any atom is -0.354 e. The van der Waals surface area contributed by atoms with Gasteiger partial charge in [-0.2, -0.15) is 0 Å². The van der Waals surface area contributed by atoms with Crippen LogP contribution < -0.4 is 5.32 Å². The Balaban J connectivity index is 3.49. The van der Waals surface area contributed by atoms with Gasteiger partial charge in [0.25, 0.3) is 5.91 Å². The average molecular weight is 161 g/mol. The molecular formula is C6H11NO4. The monoisotopic (exact) mass is 161 g/mol. The van der Waals surface area contributed by atoms with E-state index in [4.69, 9.17) is 9.47 Å². The van der Waals surface area contributed by atoms with E-state index in [-0.39, 0.29) is 12.8 Å². The summed E-state index contributed by atoms with van der Waals surface area (Å²) in [6.45, 7) is 0.171. The summed E-state index contributed by atoms with van der Waals surface area (Å²) in [5.41, 5.74) is 0. The average Bonchev–Trinajstić information content (AvgIpc) is 2.06. The lowest BCUT2D eigenvalue weighted by atomic mass is 10.5. The van der Waals surface area contributed by atoms with Gasteiger partial charge in [0, 0.05) is 14.2 Å². The van der Waals surface area contributed by atoms with Crippen molar-refractivity contribution >= 4 is 12.2 Å². The highest BCUT2D eigenvalue weighted by atomic mass is 16.7. The summed E-state index contributed by atoms with van der Waals surface area (Å²) >= 11 is 0. The Labute approximate surface area is 64.7 Å². The highest BCUT2D eigenvalue weighted by Gasteiger charge is 2.05. The molecule has 0 saturated carbocycles. The van der Waals surface area contributed by atoms with Crippen molar-refractivity contribution in [2.75, 3.05) is 20.8 Å². The Bertz CT molecular complexity index is 133. The molecule has 0 aliphatic heterocycles. The van der Waals surface area contributed by atoms with Gasteiger partial charge in [-0.1, -0.05) is 0 Å². The molecule has 5 nitrogen and oxygen atoms in total. The number of aldehydes is 1. The van der Waals surface area contributed by atoms with Crippen LogP contribution in [0.15, 0.2) is 0 Å². The summed E-state index contributed by atoms with van der Waals surface area (Å²) in [6.07, 6.45) is -0.304. The molecule has 0 unspecified atom stereocenters. The maximum Gasteiger partial charge on any atom is 0.284 e. The van der Waals surface area contributed by atoms with Crippen molar-refractivity contribution in [3.63, 3.8) is 0 Å². The minimum absolute atomic E-state index is 0.171. The Morgan fingerprint density at radius 2 is 2.09 bits per heavy atom. The number of hydrogen-bond acceptors (Lipinski definition) is 4. The number of rotatable bonds is 5. The molecule has 0 aromatic carbocycles. The maximum absolute atomic E-state index is 10.4. The molecule has 5 heteroatoms. The zero-order valence-corrected chi connectivity index (χ0v) is 6.49. The number of carbonyl (C=O) groups excluding carboxylic acids is 2. The first-order valence-electron chi connectivity index (χ1n) is 3.03. The van der Waals surface area contributed by atoms with Crippen molar-refractivity contribution in [1.82, 2.24) is 5.32 Å². The molecule has 0 bridgehead atoms. The Morgan fingerprint density at radius 3 is 2.45 bits per heavy atom. The largest absolute Gasteiger partial charge is 0.354 e.